The predicted molar refractivity (Wildman–Crippen MR) is 96.4 cm³/mol. The second-order valence-electron chi connectivity index (χ2n) is 6.40. The van der Waals surface area contributed by atoms with Crippen molar-refractivity contribution in [2.75, 3.05) is 31.1 Å². The maximum absolute atomic E-state index is 12.4. The lowest BCUT2D eigenvalue weighted by Gasteiger charge is -2.36. The summed E-state index contributed by atoms with van der Waals surface area (Å²) in [6.07, 6.45) is 2.21. The molecule has 2 aromatic rings. The Hall–Kier alpha value is -3.37. The number of allylic oxidation sites excluding steroid dienone is 1. The number of amides is 1. The van der Waals surface area contributed by atoms with E-state index in [4.69, 9.17) is 10.1 Å². The summed E-state index contributed by atoms with van der Waals surface area (Å²) in [5, 5.41) is 7.13. The van der Waals surface area contributed by atoms with Gasteiger partial charge in [0.05, 0.1) is 29.3 Å². The Morgan fingerprint density at radius 3 is 3.04 bits per heavy atom. The molecule has 0 bridgehead atoms. The fourth-order valence-electron chi connectivity index (χ4n) is 3.16. The van der Waals surface area contributed by atoms with Crippen molar-refractivity contribution >= 4 is 23.7 Å². The van der Waals surface area contributed by atoms with E-state index in [1.165, 1.54) is 12.4 Å². The summed E-state index contributed by atoms with van der Waals surface area (Å²) in [7, 11) is 0. The average molecular weight is 389 g/mol. The maximum Gasteiger partial charge on any atom is 0.410 e. The van der Waals surface area contributed by atoms with Crippen LogP contribution in [0.1, 0.15) is 5.82 Å². The number of anilines is 1. The van der Waals surface area contributed by atoms with Crippen molar-refractivity contribution in [1.82, 2.24) is 24.8 Å². The predicted octanol–water partition coefficient (Wildman–Crippen LogP) is 1.81. The summed E-state index contributed by atoms with van der Waals surface area (Å²) in [5.41, 5.74) is 0.419. The van der Waals surface area contributed by atoms with Crippen molar-refractivity contribution < 1.29 is 18.3 Å². The van der Waals surface area contributed by atoms with Crippen molar-refractivity contribution in [1.29, 1.82) is 5.41 Å². The second kappa shape index (κ2) is 7.33. The second-order valence-corrected chi connectivity index (χ2v) is 6.40. The molecule has 4 heterocycles. The number of halogens is 2. The van der Waals surface area contributed by atoms with Crippen LogP contribution in [0.25, 0.3) is 17.5 Å². The first-order valence-electron chi connectivity index (χ1n) is 8.61. The number of nitrogens with zero attached hydrogens (tertiary/aromatic N) is 5. The summed E-state index contributed by atoms with van der Waals surface area (Å²) < 4.78 is 29.8. The normalized spacial score (nSPS) is 19.4. The third-order valence-electron chi connectivity index (χ3n) is 4.62. The highest BCUT2D eigenvalue weighted by Crippen LogP contribution is 2.24. The van der Waals surface area contributed by atoms with E-state index in [9.17, 15) is 13.6 Å². The monoisotopic (exact) mass is 389 g/mol. The lowest BCUT2D eigenvalue weighted by atomic mass is 10.2. The molecule has 11 heteroatoms. The van der Waals surface area contributed by atoms with E-state index in [1.807, 2.05) is 0 Å². The first-order valence-corrected chi connectivity index (χ1v) is 8.61. The van der Waals surface area contributed by atoms with Crippen molar-refractivity contribution in [3.63, 3.8) is 0 Å². The van der Waals surface area contributed by atoms with E-state index in [0.717, 1.165) is 11.9 Å². The van der Waals surface area contributed by atoms with Gasteiger partial charge in [-0.25, -0.2) is 28.5 Å². The Morgan fingerprint density at radius 2 is 2.21 bits per heavy atom. The molecule has 2 saturated heterocycles. The molecule has 2 fully saturated rings. The minimum absolute atomic E-state index is 0.00807. The average Bonchev–Trinajstić information content (AvgIpc) is 3.33. The van der Waals surface area contributed by atoms with Gasteiger partial charge in [-0.3, -0.25) is 10.3 Å². The largest absolute Gasteiger partial charge is 0.447 e. The number of carbonyl (C=O) groups is 1. The molecular formula is C17H17F2N7O2. The number of piperazine rings is 1. The number of fused-ring (bicyclic) bond motifs is 1. The van der Waals surface area contributed by atoms with Crippen LogP contribution >= 0.6 is 0 Å². The lowest BCUT2D eigenvalue weighted by Crippen LogP contribution is -2.52. The van der Waals surface area contributed by atoms with Crippen LogP contribution in [0.4, 0.5) is 19.4 Å². The highest BCUT2D eigenvalue weighted by molar-refractivity contribution is 5.97. The first kappa shape index (κ1) is 18.0. The number of alkyl halides is 2. The smallest absolute Gasteiger partial charge is 0.410 e. The molecule has 2 aromatic heterocycles. The Labute approximate surface area is 158 Å². The number of aromatic nitrogens is 4. The van der Waals surface area contributed by atoms with Crippen LogP contribution in [0, 0.1) is 5.41 Å². The number of hydrogen-bond donors (Lipinski definition) is 2. The summed E-state index contributed by atoms with van der Waals surface area (Å²) >= 11 is 0. The number of cyclic esters (lactones) is 1. The number of imidazole rings is 1. The molecule has 1 atom stereocenters. The van der Waals surface area contributed by atoms with Crippen molar-refractivity contribution in [2.24, 2.45) is 0 Å². The summed E-state index contributed by atoms with van der Waals surface area (Å²) in [5.74, 6) is 1.06. The van der Waals surface area contributed by atoms with Gasteiger partial charge >= 0.3 is 6.09 Å². The summed E-state index contributed by atoms with van der Waals surface area (Å²) in [4.78, 5) is 31.0. The van der Waals surface area contributed by atoms with Crippen molar-refractivity contribution in [3.05, 3.63) is 30.5 Å². The summed E-state index contributed by atoms with van der Waals surface area (Å²) in [6, 6.07) is 1.81. The standard InChI is InChI=1S/C17H17F2N7O2/c18-16(19)11(20)1-2-14-21-6-13(24-14)12-5-15(23-9-22-12)25-3-4-26-10(7-25)8-28-17(26)27/h1-2,5-6,9-10,16,20H,3-4,7-8H2,(H,21,24)/b2-1-,20-11?/t10-/m0/s1. The van der Waals surface area contributed by atoms with E-state index in [2.05, 4.69) is 24.8 Å². The lowest BCUT2D eigenvalue weighted by molar-refractivity contribution is 0.157. The topological polar surface area (TPSA) is 111 Å². The van der Waals surface area contributed by atoms with E-state index >= 15 is 0 Å². The number of carbonyl (C=O) groups excluding carboxylic acids is 1. The van der Waals surface area contributed by atoms with E-state index in [1.54, 1.807) is 17.2 Å². The van der Waals surface area contributed by atoms with Crippen LogP contribution in [0.5, 0.6) is 0 Å². The molecule has 0 saturated carbocycles. The minimum Gasteiger partial charge on any atom is -0.447 e. The zero-order valence-electron chi connectivity index (χ0n) is 14.7. The number of aromatic amines is 1. The molecular weight excluding hydrogens is 372 g/mol. The van der Waals surface area contributed by atoms with Crippen LogP contribution in [-0.4, -0.2) is 75.3 Å². The van der Waals surface area contributed by atoms with Gasteiger partial charge in [0.15, 0.2) is 0 Å². The Morgan fingerprint density at radius 1 is 1.36 bits per heavy atom. The van der Waals surface area contributed by atoms with Gasteiger partial charge < -0.3 is 14.6 Å². The molecule has 0 spiro atoms. The van der Waals surface area contributed by atoms with Gasteiger partial charge in [-0.15, -0.1) is 0 Å². The quantitative estimate of drug-likeness (QED) is 0.755. The Balaban J connectivity index is 1.49. The van der Waals surface area contributed by atoms with Gasteiger partial charge in [-0.2, -0.15) is 0 Å². The number of nitrogens with one attached hydrogen (secondary N) is 2. The maximum atomic E-state index is 12.4. The molecule has 9 nitrogen and oxygen atoms in total. The molecule has 1 amide bonds. The molecule has 0 unspecified atom stereocenters. The molecule has 146 valence electrons. The summed E-state index contributed by atoms with van der Waals surface area (Å²) in [6.45, 7) is 2.19. The van der Waals surface area contributed by atoms with E-state index < -0.39 is 12.1 Å². The molecule has 0 radical (unpaired) electrons. The van der Waals surface area contributed by atoms with E-state index in [0.29, 0.717) is 43.5 Å². The van der Waals surface area contributed by atoms with Gasteiger partial charge in [-0.05, 0) is 12.2 Å². The van der Waals surface area contributed by atoms with Gasteiger partial charge in [0, 0.05) is 25.7 Å². The number of H-pyrrole nitrogens is 1. The fourth-order valence-corrected chi connectivity index (χ4v) is 3.16. The molecule has 4 rings (SSSR count). The zero-order valence-corrected chi connectivity index (χ0v) is 14.7. The van der Waals surface area contributed by atoms with Gasteiger partial charge in [0.1, 0.15) is 24.6 Å². The van der Waals surface area contributed by atoms with Crippen LogP contribution in [0.15, 0.2) is 24.7 Å². The van der Waals surface area contributed by atoms with E-state index in [-0.39, 0.29) is 12.1 Å². The minimum atomic E-state index is -2.82. The van der Waals surface area contributed by atoms with Crippen LogP contribution in [0.3, 0.4) is 0 Å². The molecule has 2 aliphatic rings. The third-order valence-corrected chi connectivity index (χ3v) is 4.62. The van der Waals surface area contributed by atoms with Crippen LogP contribution < -0.4 is 4.90 Å². The van der Waals surface area contributed by atoms with Gasteiger partial charge in [0.25, 0.3) is 6.43 Å². The first-order chi connectivity index (χ1) is 13.5. The van der Waals surface area contributed by atoms with Crippen LogP contribution in [-0.2, 0) is 4.74 Å². The van der Waals surface area contributed by atoms with Gasteiger partial charge in [0.2, 0.25) is 0 Å². The zero-order chi connectivity index (χ0) is 19.7. The van der Waals surface area contributed by atoms with Crippen LogP contribution in [0.2, 0.25) is 0 Å². The van der Waals surface area contributed by atoms with Crippen molar-refractivity contribution in [2.45, 2.75) is 12.5 Å². The number of ether oxygens (including phenoxy) is 1. The molecule has 2 aliphatic heterocycles. The number of rotatable bonds is 5. The Bertz CT molecular complexity index is 930. The van der Waals surface area contributed by atoms with Crippen molar-refractivity contribution in [3.8, 4) is 11.4 Å². The SMILES string of the molecule is N=C(/C=C\c1ncc(-c2cc(N3CCN4C(=O)OC[C@@H]4C3)ncn2)[nH]1)C(F)F. The third kappa shape index (κ3) is 3.55. The number of hydrogen-bond acceptors (Lipinski definition) is 7. The molecule has 28 heavy (non-hydrogen) atoms. The highest BCUT2D eigenvalue weighted by atomic mass is 19.3. The highest BCUT2D eigenvalue weighted by Gasteiger charge is 2.37. The molecule has 0 aromatic carbocycles. The Kier molecular flexibility index (Phi) is 4.72. The van der Waals surface area contributed by atoms with Gasteiger partial charge in [-0.1, -0.05) is 0 Å². The molecule has 2 N–H and O–H groups in total. The fraction of sp³-hybridized carbons (Fsp3) is 0.353. The molecule has 0 aliphatic carbocycles.